The predicted molar refractivity (Wildman–Crippen MR) is 84.4 cm³/mol. The predicted octanol–water partition coefficient (Wildman–Crippen LogP) is 2.72. The molecule has 2 bridgehead atoms. The van der Waals surface area contributed by atoms with Gasteiger partial charge >= 0.3 is 5.97 Å². The van der Waals surface area contributed by atoms with E-state index >= 15 is 0 Å². The summed E-state index contributed by atoms with van der Waals surface area (Å²) in [6.07, 6.45) is 3.24. The number of nitrogens with zero attached hydrogens (tertiary/aromatic N) is 2. The maximum Gasteiger partial charge on any atom is 0.311 e. The van der Waals surface area contributed by atoms with Gasteiger partial charge in [0.2, 0.25) is 0 Å². The molecule has 5 heteroatoms. The zero-order chi connectivity index (χ0) is 16.1. The summed E-state index contributed by atoms with van der Waals surface area (Å²) in [6, 6.07) is 0.838. The van der Waals surface area contributed by atoms with Crippen LogP contribution in [0.4, 0.5) is 0 Å². The van der Waals surface area contributed by atoms with Crippen molar-refractivity contribution < 1.29 is 9.53 Å². The number of rotatable bonds is 3. The Morgan fingerprint density at radius 2 is 2.09 bits per heavy atom. The Bertz CT molecular complexity index is 553. The highest BCUT2D eigenvalue weighted by atomic mass is 16.6. The van der Waals surface area contributed by atoms with E-state index in [0.717, 1.165) is 30.8 Å². The Kier molecular flexibility index (Phi) is 3.79. The van der Waals surface area contributed by atoms with Crippen LogP contribution in [0.1, 0.15) is 57.0 Å². The number of esters is 1. The molecule has 2 fully saturated rings. The average Bonchev–Trinajstić information content (AvgIpc) is 3.05. The fraction of sp³-hybridized carbons (Fsp3) is 0.765. The van der Waals surface area contributed by atoms with Gasteiger partial charge in [-0.15, -0.1) is 0 Å². The van der Waals surface area contributed by atoms with E-state index in [1.54, 1.807) is 0 Å². The molecule has 5 nitrogen and oxygen atoms in total. The Hall–Kier alpha value is -1.36. The molecular weight excluding hydrogens is 278 g/mol. The first-order valence-corrected chi connectivity index (χ1v) is 8.25. The monoisotopic (exact) mass is 305 g/mol. The molecule has 0 aromatic carbocycles. The van der Waals surface area contributed by atoms with Crippen molar-refractivity contribution in [3.8, 4) is 0 Å². The van der Waals surface area contributed by atoms with E-state index in [4.69, 9.17) is 4.74 Å². The smallest absolute Gasteiger partial charge is 0.311 e. The van der Waals surface area contributed by atoms with Crippen molar-refractivity contribution in [1.82, 2.24) is 15.1 Å². The van der Waals surface area contributed by atoms with Gasteiger partial charge < -0.3 is 4.74 Å². The number of aromatic amines is 1. The standard InChI is InChI=1S/C17H27N3O2/c1-10-14(11(2)19-18-10)9-20-12-6-7-15(20)13(8-12)16(21)22-17(3,4)5/h12-13,15H,6-9H2,1-5H3,(H,18,19). The molecule has 3 rings (SSSR count). The van der Waals surface area contributed by atoms with Crippen molar-refractivity contribution in [2.24, 2.45) is 5.92 Å². The minimum atomic E-state index is -0.401. The molecule has 3 unspecified atom stereocenters. The molecule has 2 saturated heterocycles. The lowest BCUT2D eigenvalue weighted by atomic mass is 9.89. The van der Waals surface area contributed by atoms with Gasteiger partial charge in [-0.25, -0.2) is 0 Å². The highest BCUT2D eigenvalue weighted by molar-refractivity contribution is 5.74. The fourth-order valence-corrected chi connectivity index (χ4v) is 3.97. The molecule has 3 atom stereocenters. The van der Waals surface area contributed by atoms with Gasteiger partial charge in [0.25, 0.3) is 0 Å². The molecule has 3 heterocycles. The van der Waals surface area contributed by atoms with Crippen molar-refractivity contribution in [2.75, 3.05) is 0 Å². The lowest BCUT2D eigenvalue weighted by molar-refractivity contribution is -0.161. The van der Waals surface area contributed by atoms with Gasteiger partial charge in [-0.3, -0.25) is 14.8 Å². The SMILES string of the molecule is Cc1n[nH]c(C)c1CN1C2CCC1C(C(=O)OC(C)(C)C)C2. The summed E-state index contributed by atoms with van der Waals surface area (Å²) in [5.41, 5.74) is 3.08. The zero-order valence-electron chi connectivity index (χ0n) is 14.3. The summed E-state index contributed by atoms with van der Waals surface area (Å²) < 4.78 is 5.62. The van der Waals surface area contributed by atoms with Crippen molar-refractivity contribution in [2.45, 2.75) is 78.1 Å². The molecule has 2 aliphatic heterocycles. The highest BCUT2D eigenvalue weighted by Gasteiger charge is 2.50. The lowest BCUT2D eigenvalue weighted by Gasteiger charge is -2.27. The van der Waals surface area contributed by atoms with Crippen molar-refractivity contribution in [1.29, 1.82) is 0 Å². The number of fused-ring (bicyclic) bond motifs is 2. The summed E-state index contributed by atoms with van der Waals surface area (Å²) in [5.74, 6) is 0.0100. The second kappa shape index (κ2) is 5.37. The normalized spacial score (nSPS) is 28.3. The van der Waals surface area contributed by atoms with E-state index in [0.29, 0.717) is 12.1 Å². The van der Waals surface area contributed by atoms with Crippen LogP contribution in [0.5, 0.6) is 0 Å². The molecular formula is C17H27N3O2. The maximum absolute atomic E-state index is 12.5. The Morgan fingerprint density at radius 3 is 2.68 bits per heavy atom. The van der Waals surface area contributed by atoms with E-state index < -0.39 is 5.60 Å². The van der Waals surface area contributed by atoms with Crippen LogP contribution in [0.2, 0.25) is 0 Å². The molecule has 0 spiro atoms. The maximum atomic E-state index is 12.5. The molecule has 0 amide bonds. The Morgan fingerprint density at radius 1 is 1.36 bits per heavy atom. The molecule has 1 N–H and O–H groups in total. The van der Waals surface area contributed by atoms with Crippen LogP contribution in [0, 0.1) is 19.8 Å². The number of nitrogens with one attached hydrogen (secondary N) is 1. The first-order valence-electron chi connectivity index (χ1n) is 8.25. The van der Waals surface area contributed by atoms with Gasteiger partial charge in [-0.1, -0.05) is 0 Å². The van der Waals surface area contributed by atoms with E-state index in [1.165, 1.54) is 12.0 Å². The van der Waals surface area contributed by atoms with E-state index in [-0.39, 0.29) is 11.9 Å². The number of hydrogen-bond donors (Lipinski definition) is 1. The molecule has 2 aliphatic rings. The largest absolute Gasteiger partial charge is 0.460 e. The van der Waals surface area contributed by atoms with E-state index in [9.17, 15) is 4.79 Å². The number of H-pyrrole nitrogens is 1. The Labute approximate surface area is 132 Å². The average molecular weight is 305 g/mol. The Balaban J connectivity index is 1.72. The molecule has 0 saturated carbocycles. The highest BCUT2D eigenvalue weighted by Crippen LogP contribution is 2.43. The minimum absolute atomic E-state index is 0.0228. The van der Waals surface area contributed by atoms with Crippen molar-refractivity contribution in [3.05, 3.63) is 17.0 Å². The number of carbonyl (C=O) groups is 1. The van der Waals surface area contributed by atoms with Crippen LogP contribution in [-0.4, -0.2) is 38.8 Å². The first-order chi connectivity index (χ1) is 10.3. The van der Waals surface area contributed by atoms with Crippen LogP contribution in [0.3, 0.4) is 0 Å². The topological polar surface area (TPSA) is 58.2 Å². The minimum Gasteiger partial charge on any atom is -0.460 e. The molecule has 1 aromatic heterocycles. The molecule has 122 valence electrons. The summed E-state index contributed by atoms with van der Waals surface area (Å²) in [4.78, 5) is 15.0. The van der Waals surface area contributed by atoms with Crippen LogP contribution < -0.4 is 0 Å². The van der Waals surface area contributed by atoms with Crippen LogP contribution in [0.25, 0.3) is 0 Å². The third-order valence-electron chi connectivity index (χ3n) is 5.01. The third kappa shape index (κ3) is 2.78. The lowest BCUT2D eigenvalue weighted by Crippen LogP contribution is -2.36. The molecule has 0 radical (unpaired) electrons. The van der Waals surface area contributed by atoms with E-state index in [1.807, 2.05) is 27.7 Å². The summed E-state index contributed by atoms with van der Waals surface area (Å²) in [7, 11) is 0. The molecule has 1 aromatic rings. The number of carbonyl (C=O) groups excluding carboxylic acids is 1. The van der Waals surface area contributed by atoms with Crippen LogP contribution >= 0.6 is 0 Å². The molecule has 0 aliphatic carbocycles. The van der Waals surface area contributed by atoms with E-state index in [2.05, 4.69) is 22.0 Å². The van der Waals surface area contributed by atoms with Gasteiger partial charge in [-0.05, 0) is 53.9 Å². The van der Waals surface area contributed by atoms with Gasteiger partial charge in [-0.2, -0.15) is 5.10 Å². The summed E-state index contributed by atoms with van der Waals surface area (Å²) in [6.45, 7) is 10.8. The number of hydrogen-bond acceptors (Lipinski definition) is 4. The number of aromatic nitrogens is 2. The second-order valence-corrected chi connectivity index (χ2v) is 7.76. The van der Waals surface area contributed by atoms with Crippen LogP contribution in [0.15, 0.2) is 0 Å². The number of aryl methyl sites for hydroxylation is 2. The number of ether oxygens (including phenoxy) is 1. The second-order valence-electron chi connectivity index (χ2n) is 7.76. The van der Waals surface area contributed by atoms with Crippen molar-refractivity contribution >= 4 is 5.97 Å². The third-order valence-corrected chi connectivity index (χ3v) is 5.01. The molecule has 22 heavy (non-hydrogen) atoms. The van der Waals surface area contributed by atoms with Gasteiger partial charge in [0.05, 0.1) is 11.6 Å². The van der Waals surface area contributed by atoms with Gasteiger partial charge in [0.1, 0.15) is 5.60 Å². The van der Waals surface area contributed by atoms with Crippen molar-refractivity contribution in [3.63, 3.8) is 0 Å². The van der Waals surface area contributed by atoms with Gasteiger partial charge in [0.15, 0.2) is 0 Å². The fourth-order valence-electron chi connectivity index (χ4n) is 3.97. The first kappa shape index (κ1) is 15.5. The van der Waals surface area contributed by atoms with Crippen LogP contribution in [-0.2, 0) is 16.1 Å². The van der Waals surface area contributed by atoms with Gasteiger partial charge in [0, 0.05) is 29.9 Å². The quantitative estimate of drug-likeness (QED) is 0.872. The summed E-state index contributed by atoms with van der Waals surface area (Å²) in [5, 5.41) is 7.35. The zero-order valence-corrected chi connectivity index (χ0v) is 14.3. The summed E-state index contributed by atoms with van der Waals surface area (Å²) >= 11 is 0.